The highest BCUT2D eigenvalue weighted by Gasteiger charge is 2.36. The van der Waals surface area contributed by atoms with Crippen LogP contribution in [-0.2, 0) is 9.53 Å². The summed E-state index contributed by atoms with van der Waals surface area (Å²) < 4.78 is 4.95. The Morgan fingerprint density at radius 2 is 2.20 bits per heavy atom. The summed E-state index contributed by atoms with van der Waals surface area (Å²) in [7, 11) is 0. The molecule has 0 aromatic rings. The lowest BCUT2D eigenvalue weighted by Crippen LogP contribution is -2.28. The molecule has 2 nitrogen and oxygen atoms in total. The van der Waals surface area contributed by atoms with Gasteiger partial charge < -0.3 is 4.74 Å². The van der Waals surface area contributed by atoms with Crippen LogP contribution in [0.5, 0.6) is 0 Å². The van der Waals surface area contributed by atoms with E-state index in [4.69, 9.17) is 4.74 Å². The molecule has 1 saturated carbocycles. The minimum atomic E-state index is 0.0637. The summed E-state index contributed by atoms with van der Waals surface area (Å²) >= 11 is 0. The second-order valence-corrected chi connectivity index (χ2v) is 3.25. The molecular weight excluding hydrogens is 128 g/mol. The molecule has 2 atom stereocenters. The minimum Gasteiger partial charge on any atom is -0.465 e. The molecule has 0 unspecified atom stereocenters. The van der Waals surface area contributed by atoms with Crippen LogP contribution >= 0.6 is 0 Å². The number of ether oxygens (including phenoxy) is 1. The van der Waals surface area contributed by atoms with Gasteiger partial charge >= 0.3 is 5.97 Å². The van der Waals surface area contributed by atoms with Gasteiger partial charge in [-0.05, 0) is 25.2 Å². The maximum absolute atomic E-state index is 11.1. The Bertz CT molecular complexity index is 153. The highest BCUT2D eigenvalue weighted by Crippen LogP contribution is 2.37. The standard InChI is InChI=1S/C8H12O2/c9-8-7-3-1-2-6(7)4-5-10-8/h6-7H,1-5H2/t6-,7-/m1/s1. The molecule has 2 aliphatic rings. The predicted octanol–water partition coefficient (Wildman–Crippen LogP) is 1.35. The van der Waals surface area contributed by atoms with Crippen LogP contribution < -0.4 is 0 Å². The van der Waals surface area contributed by atoms with Gasteiger partial charge in [0.1, 0.15) is 0 Å². The Labute approximate surface area is 60.6 Å². The van der Waals surface area contributed by atoms with Crippen molar-refractivity contribution in [2.45, 2.75) is 25.7 Å². The molecule has 0 amide bonds. The summed E-state index contributed by atoms with van der Waals surface area (Å²) in [5.74, 6) is 1.00. The van der Waals surface area contributed by atoms with E-state index in [2.05, 4.69) is 0 Å². The lowest BCUT2D eigenvalue weighted by atomic mass is 9.91. The van der Waals surface area contributed by atoms with E-state index in [1.54, 1.807) is 0 Å². The van der Waals surface area contributed by atoms with Crippen LogP contribution in [0.1, 0.15) is 25.7 Å². The fraction of sp³-hybridized carbons (Fsp3) is 0.875. The maximum atomic E-state index is 11.1. The maximum Gasteiger partial charge on any atom is 0.309 e. The van der Waals surface area contributed by atoms with E-state index in [0.717, 1.165) is 12.8 Å². The molecule has 56 valence electrons. The monoisotopic (exact) mass is 140 g/mol. The second kappa shape index (κ2) is 2.26. The molecule has 0 bridgehead atoms. The Hall–Kier alpha value is -0.530. The van der Waals surface area contributed by atoms with Gasteiger partial charge in [-0.2, -0.15) is 0 Å². The smallest absolute Gasteiger partial charge is 0.309 e. The van der Waals surface area contributed by atoms with E-state index in [-0.39, 0.29) is 11.9 Å². The molecule has 0 aromatic heterocycles. The third kappa shape index (κ3) is 0.825. The fourth-order valence-electron chi connectivity index (χ4n) is 2.11. The molecule has 1 saturated heterocycles. The first-order valence-electron chi connectivity index (χ1n) is 4.04. The molecule has 10 heavy (non-hydrogen) atoms. The molecule has 1 heterocycles. The van der Waals surface area contributed by atoms with E-state index in [0.29, 0.717) is 12.5 Å². The number of cyclic esters (lactones) is 1. The van der Waals surface area contributed by atoms with Gasteiger partial charge in [-0.1, -0.05) is 6.42 Å². The highest BCUT2D eigenvalue weighted by molar-refractivity contribution is 5.73. The number of hydrogen-bond donors (Lipinski definition) is 0. The summed E-state index contributed by atoms with van der Waals surface area (Å²) in [6.07, 6.45) is 4.66. The van der Waals surface area contributed by atoms with E-state index in [9.17, 15) is 4.79 Å². The number of fused-ring (bicyclic) bond motifs is 1. The summed E-state index contributed by atoms with van der Waals surface area (Å²) in [5, 5.41) is 0. The van der Waals surface area contributed by atoms with Crippen LogP contribution in [0.25, 0.3) is 0 Å². The molecular formula is C8H12O2. The van der Waals surface area contributed by atoms with Crippen molar-refractivity contribution in [3.05, 3.63) is 0 Å². The zero-order valence-electron chi connectivity index (χ0n) is 6.01. The summed E-state index contributed by atoms with van der Waals surface area (Å²) in [6, 6.07) is 0. The average Bonchev–Trinajstić information content (AvgIpc) is 2.36. The van der Waals surface area contributed by atoms with Crippen LogP contribution in [0.15, 0.2) is 0 Å². The minimum absolute atomic E-state index is 0.0637. The van der Waals surface area contributed by atoms with Crippen molar-refractivity contribution >= 4 is 5.97 Å². The van der Waals surface area contributed by atoms with Gasteiger partial charge in [0.25, 0.3) is 0 Å². The van der Waals surface area contributed by atoms with Crippen LogP contribution in [-0.4, -0.2) is 12.6 Å². The van der Waals surface area contributed by atoms with Gasteiger partial charge in [-0.25, -0.2) is 0 Å². The van der Waals surface area contributed by atoms with Gasteiger partial charge in [-0.15, -0.1) is 0 Å². The van der Waals surface area contributed by atoms with Crippen molar-refractivity contribution in [3.8, 4) is 0 Å². The quantitative estimate of drug-likeness (QED) is 0.475. The second-order valence-electron chi connectivity index (χ2n) is 3.25. The van der Waals surface area contributed by atoms with Crippen molar-refractivity contribution in [2.24, 2.45) is 11.8 Å². The lowest BCUT2D eigenvalue weighted by Gasteiger charge is -2.23. The summed E-state index contributed by atoms with van der Waals surface area (Å²) in [5.41, 5.74) is 0. The lowest BCUT2D eigenvalue weighted by molar-refractivity contribution is -0.155. The van der Waals surface area contributed by atoms with Gasteiger partial charge in [0.15, 0.2) is 0 Å². The van der Waals surface area contributed by atoms with Crippen LogP contribution in [0, 0.1) is 11.8 Å². The van der Waals surface area contributed by atoms with Crippen LogP contribution in [0.2, 0.25) is 0 Å². The zero-order chi connectivity index (χ0) is 6.97. The average molecular weight is 140 g/mol. The van der Waals surface area contributed by atoms with Crippen molar-refractivity contribution in [2.75, 3.05) is 6.61 Å². The Kier molecular flexibility index (Phi) is 1.40. The van der Waals surface area contributed by atoms with Crippen molar-refractivity contribution in [1.29, 1.82) is 0 Å². The Morgan fingerprint density at radius 3 is 3.00 bits per heavy atom. The van der Waals surface area contributed by atoms with E-state index < -0.39 is 0 Å². The van der Waals surface area contributed by atoms with Gasteiger partial charge in [0, 0.05) is 0 Å². The number of carbonyl (C=O) groups excluding carboxylic acids is 1. The van der Waals surface area contributed by atoms with E-state index >= 15 is 0 Å². The third-order valence-electron chi connectivity index (χ3n) is 2.69. The fourth-order valence-corrected chi connectivity index (χ4v) is 2.11. The van der Waals surface area contributed by atoms with E-state index in [1.807, 2.05) is 0 Å². The number of hydrogen-bond acceptors (Lipinski definition) is 2. The van der Waals surface area contributed by atoms with Gasteiger partial charge in [0.2, 0.25) is 0 Å². The Morgan fingerprint density at radius 1 is 1.30 bits per heavy atom. The molecule has 0 N–H and O–H groups in total. The van der Waals surface area contributed by atoms with Crippen LogP contribution in [0.4, 0.5) is 0 Å². The molecule has 0 spiro atoms. The molecule has 1 aliphatic heterocycles. The number of rotatable bonds is 0. The van der Waals surface area contributed by atoms with Crippen molar-refractivity contribution in [1.82, 2.24) is 0 Å². The largest absolute Gasteiger partial charge is 0.465 e. The Balaban J connectivity index is 2.10. The van der Waals surface area contributed by atoms with Gasteiger partial charge in [0.05, 0.1) is 12.5 Å². The first-order chi connectivity index (χ1) is 4.88. The van der Waals surface area contributed by atoms with E-state index in [1.165, 1.54) is 12.8 Å². The highest BCUT2D eigenvalue weighted by atomic mass is 16.5. The number of esters is 1. The molecule has 0 aromatic carbocycles. The summed E-state index contributed by atoms with van der Waals surface area (Å²) in [4.78, 5) is 11.1. The zero-order valence-corrected chi connectivity index (χ0v) is 6.01. The number of carbonyl (C=O) groups is 1. The van der Waals surface area contributed by atoms with Gasteiger partial charge in [-0.3, -0.25) is 4.79 Å². The first-order valence-corrected chi connectivity index (χ1v) is 4.04. The topological polar surface area (TPSA) is 26.3 Å². The van der Waals surface area contributed by atoms with Crippen molar-refractivity contribution in [3.63, 3.8) is 0 Å². The molecule has 0 radical (unpaired) electrons. The first kappa shape index (κ1) is 6.20. The molecule has 1 aliphatic carbocycles. The normalized spacial score (nSPS) is 39.0. The SMILES string of the molecule is O=C1OCC[C@H]2CCC[C@@H]12. The van der Waals surface area contributed by atoms with Crippen molar-refractivity contribution < 1.29 is 9.53 Å². The molecule has 2 heteroatoms. The molecule has 2 fully saturated rings. The summed E-state index contributed by atoms with van der Waals surface area (Å²) in [6.45, 7) is 0.667. The predicted molar refractivity (Wildman–Crippen MR) is 36.4 cm³/mol. The molecule has 2 rings (SSSR count). The van der Waals surface area contributed by atoms with Crippen LogP contribution in [0.3, 0.4) is 0 Å². The third-order valence-corrected chi connectivity index (χ3v) is 2.69.